The van der Waals surface area contributed by atoms with Crippen LogP contribution in [-0.2, 0) is 11.2 Å². The zero-order chi connectivity index (χ0) is 22.2. The van der Waals surface area contributed by atoms with Gasteiger partial charge in [0.1, 0.15) is 5.60 Å². The highest BCUT2D eigenvalue weighted by Crippen LogP contribution is 2.42. The van der Waals surface area contributed by atoms with Gasteiger partial charge in [-0.05, 0) is 76.0 Å². The van der Waals surface area contributed by atoms with E-state index in [1.807, 2.05) is 20.8 Å². The molecule has 0 bridgehead atoms. The predicted molar refractivity (Wildman–Crippen MR) is 126 cm³/mol. The number of fused-ring (bicyclic) bond motifs is 3. The fourth-order valence-electron chi connectivity index (χ4n) is 4.88. The number of alkyl carbamates (subject to hydrolysis) is 1. The van der Waals surface area contributed by atoms with E-state index < -0.39 is 5.60 Å². The van der Waals surface area contributed by atoms with Gasteiger partial charge in [-0.1, -0.05) is 32.0 Å². The van der Waals surface area contributed by atoms with Gasteiger partial charge in [-0.15, -0.1) is 0 Å². The number of H-pyrrole nitrogens is 1. The molecule has 1 aromatic heterocycles. The molecule has 1 unspecified atom stereocenters. The third-order valence-electron chi connectivity index (χ3n) is 6.36. The summed E-state index contributed by atoms with van der Waals surface area (Å²) in [7, 11) is 0. The molecule has 5 heteroatoms. The first-order valence-corrected chi connectivity index (χ1v) is 11.8. The molecule has 1 atom stereocenters. The van der Waals surface area contributed by atoms with Crippen molar-refractivity contribution in [1.29, 1.82) is 0 Å². The maximum atomic E-state index is 12.4. The van der Waals surface area contributed by atoms with E-state index in [0.717, 1.165) is 32.2 Å². The lowest BCUT2D eigenvalue weighted by molar-refractivity contribution is 0.0525. The summed E-state index contributed by atoms with van der Waals surface area (Å²) in [6.45, 7) is 11.8. The Morgan fingerprint density at radius 3 is 2.61 bits per heavy atom. The molecule has 2 aromatic rings. The van der Waals surface area contributed by atoms with E-state index >= 15 is 0 Å². The van der Waals surface area contributed by atoms with Crippen molar-refractivity contribution in [2.75, 3.05) is 13.1 Å². The molecule has 1 aliphatic carbocycles. The van der Waals surface area contributed by atoms with Crippen LogP contribution >= 0.6 is 0 Å². The van der Waals surface area contributed by atoms with Gasteiger partial charge < -0.3 is 19.9 Å². The van der Waals surface area contributed by atoms with Crippen LogP contribution in [0.2, 0.25) is 0 Å². The summed E-state index contributed by atoms with van der Waals surface area (Å²) in [6.07, 6.45) is 5.28. The second-order valence-corrected chi connectivity index (χ2v) is 10.4. The standard InChI is InChI=1S/C26H37N3O2/c1-17(2)15-22-24-20(19-11-6-7-12-21(19)28-24)13-14-29(22)23(18-9-8-10-18)16-27-25(30)31-26(3,4)5/h6-7,11-12,17,22,28H,8-10,13-16H2,1-5H3,(H,27,30). The molecular formula is C26H37N3O2. The summed E-state index contributed by atoms with van der Waals surface area (Å²) in [5.41, 5.74) is 6.36. The number of ether oxygens (including phenoxy) is 1. The number of nitrogens with one attached hydrogen (secondary N) is 2. The van der Waals surface area contributed by atoms with E-state index in [0.29, 0.717) is 18.5 Å². The Labute approximate surface area is 186 Å². The Balaban J connectivity index is 1.64. The topological polar surface area (TPSA) is 57.4 Å². The molecule has 2 heterocycles. The van der Waals surface area contributed by atoms with Gasteiger partial charge in [0.25, 0.3) is 0 Å². The molecule has 5 nitrogen and oxygen atoms in total. The largest absolute Gasteiger partial charge is 0.444 e. The van der Waals surface area contributed by atoms with Gasteiger partial charge in [-0.3, -0.25) is 0 Å². The second-order valence-electron chi connectivity index (χ2n) is 10.4. The minimum Gasteiger partial charge on any atom is -0.444 e. The second kappa shape index (κ2) is 8.60. The van der Waals surface area contributed by atoms with Gasteiger partial charge in [0.05, 0.1) is 12.6 Å². The van der Waals surface area contributed by atoms with Gasteiger partial charge in [-0.25, -0.2) is 4.79 Å². The van der Waals surface area contributed by atoms with Crippen molar-refractivity contribution in [2.45, 2.75) is 78.4 Å². The van der Waals surface area contributed by atoms with Crippen LogP contribution in [0.1, 0.15) is 77.6 Å². The van der Waals surface area contributed by atoms with Crippen LogP contribution in [0, 0.1) is 5.92 Å². The summed E-state index contributed by atoms with van der Waals surface area (Å²) in [4.78, 5) is 18.7. The van der Waals surface area contributed by atoms with Crippen molar-refractivity contribution in [3.8, 4) is 0 Å². The number of hydrogen-bond donors (Lipinski definition) is 2. The summed E-state index contributed by atoms with van der Waals surface area (Å²) >= 11 is 0. The number of benzene rings is 1. The number of para-hydroxylation sites is 1. The number of carbonyl (C=O) groups excluding carboxylic acids is 1. The summed E-state index contributed by atoms with van der Waals surface area (Å²) in [5, 5.41) is 4.40. The van der Waals surface area contributed by atoms with Gasteiger partial charge >= 0.3 is 6.09 Å². The number of amides is 1. The molecule has 0 spiro atoms. The van der Waals surface area contributed by atoms with Crippen LogP contribution in [0.5, 0.6) is 0 Å². The molecule has 1 saturated carbocycles. The molecule has 1 fully saturated rings. The van der Waals surface area contributed by atoms with Crippen molar-refractivity contribution in [1.82, 2.24) is 15.2 Å². The maximum absolute atomic E-state index is 12.4. The lowest BCUT2D eigenvalue weighted by Gasteiger charge is -2.42. The summed E-state index contributed by atoms with van der Waals surface area (Å²) < 4.78 is 5.50. The van der Waals surface area contributed by atoms with Crippen molar-refractivity contribution in [3.05, 3.63) is 46.8 Å². The Morgan fingerprint density at radius 2 is 1.97 bits per heavy atom. The molecule has 0 saturated heterocycles. The van der Waals surface area contributed by atoms with Crippen LogP contribution in [0.15, 0.2) is 35.5 Å². The number of hydrogen-bond acceptors (Lipinski definition) is 3. The first-order chi connectivity index (χ1) is 14.7. The highest BCUT2D eigenvalue weighted by Gasteiger charge is 2.34. The van der Waals surface area contributed by atoms with Gasteiger partial charge in [-0.2, -0.15) is 0 Å². The third kappa shape index (κ3) is 4.76. The van der Waals surface area contributed by atoms with E-state index in [-0.39, 0.29) is 6.09 Å². The fraction of sp³-hybridized carbons (Fsp3) is 0.577. The highest BCUT2D eigenvalue weighted by atomic mass is 16.6. The van der Waals surface area contributed by atoms with E-state index in [2.05, 4.69) is 53.3 Å². The monoisotopic (exact) mass is 423 g/mol. The molecule has 1 aliphatic heterocycles. The number of carbonyl (C=O) groups is 1. The van der Waals surface area contributed by atoms with Gasteiger partial charge in [0.2, 0.25) is 0 Å². The van der Waals surface area contributed by atoms with Crippen molar-refractivity contribution < 1.29 is 9.53 Å². The van der Waals surface area contributed by atoms with Gasteiger partial charge in [0, 0.05) is 28.8 Å². The van der Waals surface area contributed by atoms with E-state index in [4.69, 9.17) is 4.74 Å². The summed E-state index contributed by atoms with van der Waals surface area (Å²) in [6, 6.07) is 8.96. The minimum absolute atomic E-state index is 0.305. The Kier molecular flexibility index (Phi) is 6.05. The number of aromatic amines is 1. The first-order valence-electron chi connectivity index (χ1n) is 11.8. The molecule has 31 heavy (non-hydrogen) atoms. The molecule has 0 radical (unpaired) electrons. The number of rotatable bonds is 5. The Hall–Kier alpha value is -2.43. The number of nitrogens with zero attached hydrogens (tertiary/aromatic N) is 1. The first kappa shape index (κ1) is 21.8. The molecule has 1 amide bonds. The Morgan fingerprint density at radius 1 is 1.23 bits per heavy atom. The third-order valence-corrected chi connectivity index (χ3v) is 6.36. The minimum atomic E-state index is -0.488. The molecule has 168 valence electrons. The molecule has 1 aromatic carbocycles. The van der Waals surface area contributed by atoms with Gasteiger partial charge in [0.15, 0.2) is 0 Å². The molecule has 2 N–H and O–H groups in total. The number of allylic oxidation sites excluding steroid dienone is 1. The zero-order valence-corrected chi connectivity index (χ0v) is 19.7. The van der Waals surface area contributed by atoms with Crippen LogP contribution in [-0.4, -0.2) is 34.7 Å². The van der Waals surface area contributed by atoms with Crippen LogP contribution < -0.4 is 5.32 Å². The van der Waals surface area contributed by atoms with E-state index in [1.165, 1.54) is 39.9 Å². The van der Waals surface area contributed by atoms with E-state index in [1.54, 1.807) is 0 Å². The average Bonchev–Trinajstić information content (AvgIpc) is 3.01. The lowest BCUT2D eigenvalue weighted by Crippen LogP contribution is -2.42. The predicted octanol–water partition coefficient (Wildman–Crippen LogP) is 6.08. The molecule has 4 rings (SSSR count). The normalized spacial score (nSPS) is 18.7. The smallest absolute Gasteiger partial charge is 0.407 e. The van der Waals surface area contributed by atoms with Crippen molar-refractivity contribution >= 4 is 17.0 Å². The molecular weight excluding hydrogens is 386 g/mol. The van der Waals surface area contributed by atoms with Crippen LogP contribution in [0.25, 0.3) is 10.9 Å². The maximum Gasteiger partial charge on any atom is 0.407 e. The zero-order valence-electron chi connectivity index (χ0n) is 19.7. The Bertz CT molecular complexity index is 974. The number of aromatic nitrogens is 1. The molecule has 2 aliphatic rings. The SMILES string of the molecule is CC(C)CC1c2[nH]c3ccccc3c2CCN1C(CNC(=O)OC(C)(C)C)=C1CCC1. The van der Waals surface area contributed by atoms with Crippen LogP contribution in [0.4, 0.5) is 4.79 Å². The van der Waals surface area contributed by atoms with Crippen LogP contribution in [0.3, 0.4) is 0 Å². The lowest BCUT2D eigenvalue weighted by atomic mass is 9.86. The van der Waals surface area contributed by atoms with Crippen molar-refractivity contribution in [2.24, 2.45) is 5.92 Å². The summed E-state index contributed by atoms with van der Waals surface area (Å²) in [5.74, 6) is 0.580. The van der Waals surface area contributed by atoms with Crippen molar-refractivity contribution in [3.63, 3.8) is 0 Å². The average molecular weight is 424 g/mol. The fourth-order valence-corrected chi connectivity index (χ4v) is 4.88. The van der Waals surface area contributed by atoms with E-state index in [9.17, 15) is 4.79 Å². The quantitative estimate of drug-likeness (QED) is 0.613. The highest BCUT2D eigenvalue weighted by molar-refractivity contribution is 5.85.